The maximum Gasteiger partial charge on any atom is 0.271 e. The molecule has 2 rings (SSSR count). The SMILES string of the molecule is CCc1ccc(S(=O)(=O)Nc2cc(OC)c(OC)c(OC)c2)s1. The van der Waals surface area contributed by atoms with Gasteiger partial charge in [0.05, 0.1) is 27.0 Å². The Kier molecular flexibility index (Phi) is 5.38. The summed E-state index contributed by atoms with van der Waals surface area (Å²) < 4.78 is 43.4. The molecular formula is C15H19NO5S2. The third-order valence-corrected chi connectivity index (χ3v) is 6.27. The number of aryl methyl sites for hydroxylation is 1. The molecule has 0 spiro atoms. The van der Waals surface area contributed by atoms with E-state index >= 15 is 0 Å². The highest BCUT2D eigenvalue weighted by molar-refractivity contribution is 7.94. The molecular weight excluding hydrogens is 338 g/mol. The Morgan fingerprint density at radius 3 is 2.09 bits per heavy atom. The molecule has 0 aliphatic heterocycles. The quantitative estimate of drug-likeness (QED) is 0.824. The minimum Gasteiger partial charge on any atom is -0.493 e. The lowest BCUT2D eigenvalue weighted by Crippen LogP contribution is -2.11. The molecule has 1 aromatic heterocycles. The summed E-state index contributed by atoms with van der Waals surface area (Å²) in [6.07, 6.45) is 0.796. The van der Waals surface area contributed by atoms with Gasteiger partial charge in [0, 0.05) is 17.0 Å². The van der Waals surface area contributed by atoms with Crippen LogP contribution in [0.4, 0.5) is 5.69 Å². The minimum atomic E-state index is -3.66. The lowest BCUT2D eigenvalue weighted by molar-refractivity contribution is 0.325. The normalized spacial score (nSPS) is 11.1. The minimum absolute atomic E-state index is 0.267. The molecule has 1 heterocycles. The van der Waals surface area contributed by atoms with Crippen LogP contribution in [0.25, 0.3) is 0 Å². The van der Waals surface area contributed by atoms with Gasteiger partial charge in [0.1, 0.15) is 4.21 Å². The van der Waals surface area contributed by atoms with Crippen LogP contribution in [0.3, 0.4) is 0 Å². The highest BCUT2D eigenvalue weighted by Crippen LogP contribution is 2.40. The van der Waals surface area contributed by atoms with Crippen molar-refractivity contribution in [2.45, 2.75) is 17.6 Å². The average Bonchev–Trinajstić information content (AvgIpc) is 3.03. The monoisotopic (exact) mass is 357 g/mol. The van der Waals surface area contributed by atoms with Crippen molar-refractivity contribution in [3.8, 4) is 17.2 Å². The fourth-order valence-corrected chi connectivity index (χ4v) is 4.37. The van der Waals surface area contributed by atoms with E-state index in [2.05, 4.69) is 4.72 Å². The smallest absolute Gasteiger partial charge is 0.271 e. The molecule has 0 bridgehead atoms. The fourth-order valence-electron chi connectivity index (χ4n) is 2.04. The molecule has 0 unspecified atom stereocenters. The van der Waals surface area contributed by atoms with Gasteiger partial charge in [0.2, 0.25) is 5.75 Å². The predicted octanol–water partition coefficient (Wildman–Crippen LogP) is 3.14. The summed E-state index contributed by atoms with van der Waals surface area (Å²) in [4.78, 5) is 1.01. The molecule has 0 aliphatic carbocycles. The van der Waals surface area contributed by atoms with E-state index in [1.165, 1.54) is 32.7 Å². The van der Waals surface area contributed by atoms with E-state index < -0.39 is 10.0 Å². The van der Waals surface area contributed by atoms with Crippen LogP contribution in [-0.2, 0) is 16.4 Å². The van der Waals surface area contributed by atoms with Gasteiger partial charge in [-0.3, -0.25) is 4.72 Å². The van der Waals surface area contributed by atoms with E-state index in [9.17, 15) is 8.42 Å². The number of nitrogens with one attached hydrogen (secondary N) is 1. The second-order valence-corrected chi connectivity index (χ2v) is 7.67. The summed E-state index contributed by atoms with van der Waals surface area (Å²) in [5.41, 5.74) is 0.339. The molecule has 0 aliphatic rings. The number of benzene rings is 1. The van der Waals surface area contributed by atoms with E-state index in [0.29, 0.717) is 22.9 Å². The number of thiophene rings is 1. The predicted molar refractivity (Wildman–Crippen MR) is 90.6 cm³/mol. The summed E-state index contributed by atoms with van der Waals surface area (Å²) in [5, 5.41) is 0. The zero-order valence-corrected chi connectivity index (χ0v) is 15.0. The van der Waals surface area contributed by atoms with Crippen LogP contribution < -0.4 is 18.9 Å². The molecule has 1 N–H and O–H groups in total. The highest BCUT2D eigenvalue weighted by Gasteiger charge is 2.20. The number of rotatable bonds is 7. The van der Waals surface area contributed by atoms with Crippen LogP contribution in [-0.4, -0.2) is 29.7 Å². The second kappa shape index (κ2) is 7.10. The molecule has 2 aromatic rings. The second-order valence-electron chi connectivity index (χ2n) is 4.59. The fraction of sp³-hybridized carbons (Fsp3) is 0.333. The molecule has 8 heteroatoms. The van der Waals surface area contributed by atoms with Gasteiger partial charge in [-0.1, -0.05) is 6.92 Å². The van der Waals surface area contributed by atoms with Gasteiger partial charge in [-0.2, -0.15) is 0 Å². The van der Waals surface area contributed by atoms with Gasteiger partial charge in [-0.05, 0) is 18.6 Å². The molecule has 0 saturated heterocycles. The van der Waals surface area contributed by atoms with Crippen LogP contribution in [0.1, 0.15) is 11.8 Å². The first-order valence-electron chi connectivity index (χ1n) is 6.86. The summed E-state index contributed by atoms with van der Waals surface area (Å²) in [7, 11) is 0.782. The van der Waals surface area contributed by atoms with E-state index in [1.54, 1.807) is 18.2 Å². The van der Waals surface area contributed by atoms with E-state index in [4.69, 9.17) is 14.2 Å². The molecule has 0 fully saturated rings. The molecule has 0 atom stereocenters. The van der Waals surface area contributed by atoms with Crippen LogP contribution in [0.5, 0.6) is 17.2 Å². The largest absolute Gasteiger partial charge is 0.493 e. The third kappa shape index (κ3) is 3.70. The molecule has 126 valence electrons. The lowest BCUT2D eigenvalue weighted by Gasteiger charge is -2.14. The van der Waals surface area contributed by atoms with E-state index in [1.807, 2.05) is 13.0 Å². The first-order chi connectivity index (χ1) is 10.9. The summed E-state index contributed by atoms with van der Waals surface area (Å²) in [6.45, 7) is 1.98. The standard InChI is InChI=1S/C15H19NO5S2/c1-5-11-6-7-14(22-11)23(17,18)16-10-8-12(19-2)15(21-4)13(9-10)20-3/h6-9,16H,5H2,1-4H3. The van der Waals surface area contributed by atoms with Gasteiger partial charge in [-0.15, -0.1) is 11.3 Å². The topological polar surface area (TPSA) is 73.9 Å². The zero-order chi connectivity index (χ0) is 17.0. The number of ether oxygens (including phenoxy) is 3. The van der Waals surface area contributed by atoms with Crippen molar-refractivity contribution in [3.05, 3.63) is 29.1 Å². The van der Waals surface area contributed by atoms with Gasteiger partial charge >= 0.3 is 0 Å². The van der Waals surface area contributed by atoms with Crippen LogP contribution >= 0.6 is 11.3 Å². The summed E-state index contributed by atoms with van der Waals surface area (Å²) in [6, 6.07) is 6.51. The van der Waals surface area contributed by atoms with Gasteiger partial charge in [0.25, 0.3) is 10.0 Å². The first kappa shape index (κ1) is 17.4. The number of hydrogen-bond acceptors (Lipinski definition) is 6. The van der Waals surface area contributed by atoms with E-state index in [-0.39, 0.29) is 4.21 Å². The van der Waals surface area contributed by atoms with Crippen LogP contribution in [0.15, 0.2) is 28.5 Å². The third-order valence-electron chi connectivity index (χ3n) is 3.17. The van der Waals surface area contributed by atoms with Crippen molar-refractivity contribution in [1.82, 2.24) is 0 Å². The Balaban J connectivity index is 2.39. The van der Waals surface area contributed by atoms with Crippen molar-refractivity contribution in [1.29, 1.82) is 0 Å². The maximum atomic E-state index is 12.5. The Labute approximate surface area is 140 Å². The number of sulfonamides is 1. The van der Waals surface area contributed by atoms with Crippen molar-refractivity contribution in [2.75, 3.05) is 26.1 Å². The summed E-state index contributed by atoms with van der Waals surface area (Å²) >= 11 is 1.25. The molecule has 0 saturated carbocycles. The summed E-state index contributed by atoms with van der Waals surface area (Å²) in [5.74, 6) is 1.16. The highest BCUT2D eigenvalue weighted by atomic mass is 32.2. The van der Waals surface area contributed by atoms with Crippen molar-refractivity contribution >= 4 is 27.0 Å². The van der Waals surface area contributed by atoms with Crippen molar-refractivity contribution in [3.63, 3.8) is 0 Å². The number of anilines is 1. The average molecular weight is 357 g/mol. The Bertz CT molecular complexity index is 758. The van der Waals surface area contributed by atoms with Gasteiger partial charge in [-0.25, -0.2) is 8.42 Å². The number of methoxy groups -OCH3 is 3. The molecule has 6 nitrogen and oxygen atoms in total. The lowest BCUT2D eigenvalue weighted by atomic mass is 10.2. The van der Waals surface area contributed by atoms with Gasteiger partial charge < -0.3 is 14.2 Å². The van der Waals surface area contributed by atoms with Crippen molar-refractivity contribution in [2.24, 2.45) is 0 Å². The first-order valence-corrected chi connectivity index (χ1v) is 9.16. The number of hydrogen-bond donors (Lipinski definition) is 1. The Morgan fingerprint density at radius 2 is 1.65 bits per heavy atom. The maximum absolute atomic E-state index is 12.5. The Hall–Kier alpha value is -1.93. The van der Waals surface area contributed by atoms with Crippen molar-refractivity contribution < 1.29 is 22.6 Å². The van der Waals surface area contributed by atoms with Gasteiger partial charge in [0.15, 0.2) is 11.5 Å². The van der Waals surface area contributed by atoms with Crippen LogP contribution in [0.2, 0.25) is 0 Å². The molecule has 23 heavy (non-hydrogen) atoms. The van der Waals surface area contributed by atoms with E-state index in [0.717, 1.165) is 11.3 Å². The zero-order valence-electron chi connectivity index (χ0n) is 13.4. The Morgan fingerprint density at radius 1 is 1.04 bits per heavy atom. The van der Waals surface area contributed by atoms with Crippen LogP contribution in [0, 0.1) is 0 Å². The molecule has 0 radical (unpaired) electrons. The molecule has 0 amide bonds. The molecule has 1 aromatic carbocycles.